The van der Waals surface area contributed by atoms with E-state index in [-0.39, 0.29) is 18.1 Å². The van der Waals surface area contributed by atoms with Crippen molar-refractivity contribution in [3.05, 3.63) is 0 Å². The van der Waals surface area contributed by atoms with Crippen LogP contribution in [-0.2, 0) is 9.53 Å². The fourth-order valence-corrected chi connectivity index (χ4v) is 1.62. The van der Waals surface area contributed by atoms with Crippen LogP contribution in [0.25, 0.3) is 0 Å². The van der Waals surface area contributed by atoms with E-state index in [0.29, 0.717) is 5.92 Å². The normalized spacial score (nSPS) is 27.7. The standard InChI is InChI=1S/C11H22N2O2/c1-4-8(2)6-13-11(14)10-5-9(15-3)7-12-10/h8-10,12H,4-7H2,1-3H3,(H,13,14). The number of hydrogen-bond acceptors (Lipinski definition) is 3. The predicted molar refractivity (Wildman–Crippen MR) is 59.7 cm³/mol. The maximum Gasteiger partial charge on any atom is 0.237 e. The molecule has 0 aromatic rings. The van der Waals surface area contributed by atoms with Gasteiger partial charge in [-0.2, -0.15) is 0 Å². The van der Waals surface area contributed by atoms with Gasteiger partial charge < -0.3 is 15.4 Å². The van der Waals surface area contributed by atoms with Crippen molar-refractivity contribution in [2.75, 3.05) is 20.2 Å². The third kappa shape index (κ3) is 3.80. The number of rotatable bonds is 5. The zero-order valence-corrected chi connectivity index (χ0v) is 9.88. The first kappa shape index (κ1) is 12.5. The molecule has 1 amide bonds. The van der Waals surface area contributed by atoms with Crippen LogP contribution in [0.4, 0.5) is 0 Å². The Morgan fingerprint density at radius 3 is 2.93 bits per heavy atom. The van der Waals surface area contributed by atoms with Gasteiger partial charge in [-0.05, 0) is 12.3 Å². The molecule has 0 saturated carbocycles. The molecule has 0 radical (unpaired) electrons. The van der Waals surface area contributed by atoms with Crippen LogP contribution in [0.1, 0.15) is 26.7 Å². The van der Waals surface area contributed by atoms with Crippen molar-refractivity contribution in [2.45, 2.75) is 38.8 Å². The lowest BCUT2D eigenvalue weighted by atomic mass is 10.1. The van der Waals surface area contributed by atoms with E-state index in [1.54, 1.807) is 7.11 Å². The minimum Gasteiger partial charge on any atom is -0.380 e. The van der Waals surface area contributed by atoms with E-state index >= 15 is 0 Å². The summed E-state index contributed by atoms with van der Waals surface area (Å²) in [4.78, 5) is 11.7. The van der Waals surface area contributed by atoms with Gasteiger partial charge in [0.05, 0.1) is 12.1 Å². The third-order valence-corrected chi connectivity index (χ3v) is 3.06. The summed E-state index contributed by atoms with van der Waals surface area (Å²) in [5.74, 6) is 0.656. The third-order valence-electron chi connectivity index (χ3n) is 3.06. The van der Waals surface area contributed by atoms with Crippen LogP contribution >= 0.6 is 0 Å². The average molecular weight is 214 g/mol. The van der Waals surface area contributed by atoms with E-state index in [1.165, 1.54) is 0 Å². The summed E-state index contributed by atoms with van der Waals surface area (Å²) in [5, 5.41) is 6.13. The van der Waals surface area contributed by atoms with Gasteiger partial charge in [-0.25, -0.2) is 0 Å². The Hall–Kier alpha value is -0.610. The molecule has 1 aliphatic rings. The Bertz CT molecular complexity index is 209. The van der Waals surface area contributed by atoms with Gasteiger partial charge in [-0.1, -0.05) is 20.3 Å². The van der Waals surface area contributed by atoms with Crippen LogP contribution in [0.2, 0.25) is 0 Å². The second-order valence-electron chi connectivity index (χ2n) is 4.31. The molecule has 2 N–H and O–H groups in total. The minimum absolute atomic E-state index is 0.0704. The molecule has 1 heterocycles. The Morgan fingerprint density at radius 1 is 1.67 bits per heavy atom. The second kappa shape index (κ2) is 6.08. The summed E-state index contributed by atoms with van der Waals surface area (Å²) >= 11 is 0. The summed E-state index contributed by atoms with van der Waals surface area (Å²) in [7, 11) is 1.69. The monoisotopic (exact) mass is 214 g/mol. The molecule has 0 aliphatic carbocycles. The Balaban J connectivity index is 2.23. The molecule has 0 spiro atoms. The maximum absolute atomic E-state index is 11.7. The van der Waals surface area contributed by atoms with Gasteiger partial charge >= 0.3 is 0 Å². The quantitative estimate of drug-likeness (QED) is 0.701. The van der Waals surface area contributed by atoms with Crippen LogP contribution in [-0.4, -0.2) is 38.3 Å². The van der Waals surface area contributed by atoms with E-state index < -0.39 is 0 Å². The van der Waals surface area contributed by atoms with Crippen molar-refractivity contribution in [1.82, 2.24) is 10.6 Å². The van der Waals surface area contributed by atoms with Gasteiger partial charge in [0.15, 0.2) is 0 Å². The number of methoxy groups -OCH3 is 1. The molecule has 3 unspecified atom stereocenters. The van der Waals surface area contributed by atoms with Crippen molar-refractivity contribution in [3.8, 4) is 0 Å². The molecule has 88 valence electrons. The van der Waals surface area contributed by atoms with Gasteiger partial charge in [0.2, 0.25) is 5.91 Å². The molecule has 3 atom stereocenters. The second-order valence-corrected chi connectivity index (χ2v) is 4.31. The molecule has 4 heteroatoms. The highest BCUT2D eigenvalue weighted by Crippen LogP contribution is 2.09. The van der Waals surface area contributed by atoms with E-state index in [9.17, 15) is 4.79 Å². The van der Waals surface area contributed by atoms with Gasteiger partial charge in [-0.15, -0.1) is 0 Å². The topological polar surface area (TPSA) is 50.4 Å². The fourth-order valence-electron chi connectivity index (χ4n) is 1.62. The number of carbonyl (C=O) groups excluding carboxylic acids is 1. The summed E-state index contributed by atoms with van der Waals surface area (Å²) < 4.78 is 5.20. The summed E-state index contributed by atoms with van der Waals surface area (Å²) in [5.41, 5.74) is 0. The zero-order valence-electron chi connectivity index (χ0n) is 9.88. The first-order valence-corrected chi connectivity index (χ1v) is 5.71. The van der Waals surface area contributed by atoms with Crippen molar-refractivity contribution < 1.29 is 9.53 Å². The number of amides is 1. The van der Waals surface area contributed by atoms with Crippen molar-refractivity contribution in [2.24, 2.45) is 5.92 Å². The minimum atomic E-state index is -0.0704. The smallest absolute Gasteiger partial charge is 0.237 e. The molecule has 0 bridgehead atoms. The van der Waals surface area contributed by atoms with E-state index in [4.69, 9.17) is 4.74 Å². The van der Waals surface area contributed by atoms with Crippen LogP contribution in [0, 0.1) is 5.92 Å². The van der Waals surface area contributed by atoms with Gasteiger partial charge in [0, 0.05) is 20.2 Å². The highest BCUT2D eigenvalue weighted by Gasteiger charge is 2.28. The lowest BCUT2D eigenvalue weighted by Gasteiger charge is -2.14. The predicted octanol–water partition coefficient (Wildman–Crippen LogP) is 0.526. The summed E-state index contributed by atoms with van der Waals surface area (Å²) in [6.45, 7) is 5.81. The van der Waals surface area contributed by atoms with Crippen LogP contribution < -0.4 is 10.6 Å². The van der Waals surface area contributed by atoms with E-state index in [0.717, 1.165) is 25.9 Å². The Morgan fingerprint density at radius 2 is 2.40 bits per heavy atom. The lowest BCUT2D eigenvalue weighted by Crippen LogP contribution is -2.41. The Kier molecular flexibility index (Phi) is 5.05. The van der Waals surface area contributed by atoms with Gasteiger partial charge in [0.25, 0.3) is 0 Å². The van der Waals surface area contributed by atoms with E-state index in [1.807, 2.05) is 0 Å². The van der Waals surface area contributed by atoms with E-state index in [2.05, 4.69) is 24.5 Å². The SMILES string of the molecule is CCC(C)CNC(=O)C1CC(OC)CN1. The molecule has 15 heavy (non-hydrogen) atoms. The molecule has 1 aliphatic heterocycles. The number of ether oxygens (including phenoxy) is 1. The van der Waals surface area contributed by atoms with Gasteiger partial charge in [-0.3, -0.25) is 4.79 Å². The number of carbonyl (C=O) groups is 1. The molecule has 0 aromatic carbocycles. The first-order valence-electron chi connectivity index (χ1n) is 5.71. The number of nitrogens with one attached hydrogen (secondary N) is 2. The largest absolute Gasteiger partial charge is 0.380 e. The molecular formula is C11H22N2O2. The average Bonchev–Trinajstić information content (AvgIpc) is 2.73. The molecule has 0 aromatic heterocycles. The Labute approximate surface area is 91.8 Å². The molecule has 4 nitrogen and oxygen atoms in total. The van der Waals surface area contributed by atoms with Crippen molar-refractivity contribution >= 4 is 5.91 Å². The zero-order chi connectivity index (χ0) is 11.3. The fraction of sp³-hybridized carbons (Fsp3) is 0.909. The molecular weight excluding hydrogens is 192 g/mol. The van der Waals surface area contributed by atoms with Crippen molar-refractivity contribution in [1.29, 1.82) is 0 Å². The summed E-state index contributed by atoms with van der Waals surface area (Å²) in [6, 6.07) is -0.0704. The number of hydrogen-bond donors (Lipinski definition) is 2. The first-order chi connectivity index (χ1) is 7.17. The lowest BCUT2D eigenvalue weighted by molar-refractivity contribution is -0.123. The molecule has 1 rings (SSSR count). The van der Waals surface area contributed by atoms with Gasteiger partial charge in [0.1, 0.15) is 0 Å². The van der Waals surface area contributed by atoms with Crippen molar-refractivity contribution in [3.63, 3.8) is 0 Å². The molecule has 1 fully saturated rings. The highest BCUT2D eigenvalue weighted by molar-refractivity contribution is 5.82. The highest BCUT2D eigenvalue weighted by atomic mass is 16.5. The summed E-state index contributed by atoms with van der Waals surface area (Å²) in [6.07, 6.45) is 2.06. The molecule has 1 saturated heterocycles. The maximum atomic E-state index is 11.7. The van der Waals surface area contributed by atoms with Crippen LogP contribution in [0.15, 0.2) is 0 Å². The van der Waals surface area contributed by atoms with Crippen LogP contribution in [0.3, 0.4) is 0 Å². The van der Waals surface area contributed by atoms with Crippen LogP contribution in [0.5, 0.6) is 0 Å².